The second kappa shape index (κ2) is 6.37. The second-order valence-corrected chi connectivity index (χ2v) is 5.20. The first-order valence-corrected chi connectivity index (χ1v) is 7.03. The van der Waals surface area contributed by atoms with Crippen molar-refractivity contribution in [3.63, 3.8) is 0 Å². The molecule has 1 aromatic carbocycles. The summed E-state index contributed by atoms with van der Waals surface area (Å²) >= 11 is 0. The predicted octanol–water partition coefficient (Wildman–Crippen LogP) is 3.36. The van der Waals surface area contributed by atoms with Crippen molar-refractivity contribution in [2.75, 3.05) is 11.1 Å². The fraction of sp³-hybridized carbons (Fsp3) is 0.375. The average Bonchev–Trinajstić information content (AvgIpc) is 2.45. The number of hydrogen-bond acceptors (Lipinski definition) is 4. The maximum Gasteiger partial charge on any atom is 0.135 e. The second-order valence-electron chi connectivity index (χ2n) is 5.20. The van der Waals surface area contributed by atoms with Crippen LogP contribution in [0.15, 0.2) is 30.6 Å². The molecule has 0 saturated heterocycles. The van der Waals surface area contributed by atoms with Gasteiger partial charge < -0.3 is 11.1 Å². The third kappa shape index (κ3) is 3.26. The number of nitrogen functional groups attached to an aromatic ring is 1. The minimum absolute atomic E-state index is 0.293. The van der Waals surface area contributed by atoms with E-state index in [1.54, 1.807) is 0 Å². The van der Waals surface area contributed by atoms with E-state index in [2.05, 4.69) is 60.3 Å². The lowest BCUT2D eigenvalue weighted by atomic mass is 10.0. The number of rotatable bonds is 5. The van der Waals surface area contributed by atoms with Gasteiger partial charge in [-0.25, -0.2) is 9.97 Å². The molecule has 4 heteroatoms. The summed E-state index contributed by atoms with van der Waals surface area (Å²) in [5.41, 5.74) is 9.50. The van der Waals surface area contributed by atoms with Crippen LogP contribution in [0, 0.1) is 0 Å². The largest absolute Gasteiger partial charge is 0.383 e. The molecule has 0 bridgehead atoms. The zero-order valence-electron chi connectivity index (χ0n) is 12.4. The maximum atomic E-state index is 5.94. The summed E-state index contributed by atoms with van der Waals surface area (Å²) in [6.07, 6.45) is 2.57. The highest BCUT2D eigenvalue weighted by Gasteiger charge is 2.12. The fourth-order valence-corrected chi connectivity index (χ4v) is 2.20. The minimum atomic E-state index is 0.293. The molecule has 0 aliphatic heterocycles. The van der Waals surface area contributed by atoms with Crippen LogP contribution >= 0.6 is 0 Å². The Kier molecular flexibility index (Phi) is 4.56. The smallest absolute Gasteiger partial charge is 0.135 e. The van der Waals surface area contributed by atoms with Gasteiger partial charge in [0.2, 0.25) is 0 Å². The van der Waals surface area contributed by atoms with Crippen molar-refractivity contribution in [3.05, 3.63) is 47.3 Å². The topological polar surface area (TPSA) is 63.8 Å². The molecule has 2 rings (SSSR count). The number of nitrogens with one attached hydrogen (secondary N) is 1. The molecule has 106 valence electrons. The Labute approximate surface area is 120 Å². The average molecular weight is 270 g/mol. The molecule has 0 fully saturated rings. The van der Waals surface area contributed by atoms with Gasteiger partial charge in [0.15, 0.2) is 0 Å². The van der Waals surface area contributed by atoms with Gasteiger partial charge >= 0.3 is 0 Å². The number of benzene rings is 1. The van der Waals surface area contributed by atoms with E-state index in [0.717, 1.165) is 24.3 Å². The Morgan fingerprint density at radius 2 is 1.75 bits per heavy atom. The third-order valence-corrected chi connectivity index (χ3v) is 3.38. The molecule has 1 aromatic heterocycles. The van der Waals surface area contributed by atoms with E-state index in [1.807, 2.05) is 0 Å². The SMILES string of the molecule is CCc1ccc(CNc2ncnc(N)c2C(C)C)cc1. The van der Waals surface area contributed by atoms with Crippen molar-refractivity contribution in [3.8, 4) is 0 Å². The van der Waals surface area contributed by atoms with Crippen LogP contribution in [0.25, 0.3) is 0 Å². The number of aromatic nitrogens is 2. The maximum absolute atomic E-state index is 5.94. The van der Waals surface area contributed by atoms with Crippen LogP contribution in [0.3, 0.4) is 0 Å². The van der Waals surface area contributed by atoms with Crippen molar-refractivity contribution < 1.29 is 0 Å². The lowest BCUT2D eigenvalue weighted by Gasteiger charge is -2.15. The summed E-state index contributed by atoms with van der Waals surface area (Å²) in [4.78, 5) is 8.37. The van der Waals surface area contributed by atoms with E-state index < -0.39 is 0 Å². The summed E-state index contributed by atoms with van der Waals surface area (Å²) in [6.45, 7) is 7.08. The van der Waals surface area contributed by atoms with Gasteiger partial charge in [-0.3, -0.25) is 0 Å². The quantitative estimate of drug-likeness (QED) is 0.874. The number of nitrogens with zero attached hydrogens (tertiary/aromatic N) is 2. The van der Waals surface area contributed by atoms with Gasteiger partial charge in [0.1, 0.15) is 18.0 Å². The van der Waals surface area contributed by atoms with E-state index in [1.165, 1.54) is 17.5 Å². The summed E-state index contributed by atoms with van der Waals surface area (Å²) in [7, 11) is 0. The van der Waals surface area contributed by atoms with Crippen LogP contribution < -0.4 is 11.1 Å². The molecule has 0 unspecified atom stereocenters. The van der Waals surface area contributed by atoms with E-state index in [-0.39, 0.29) is 0 Å². The number of anilines is 2. The van der Waals surface area contributed by atoms with Crippen molar-refractivity contribution in [2.45, 2.75) is 39.7 Å². The zero-order valence-corrected chi connectivity index (χ0v) is 12.4. The number of nitrogens with two attached hydrogens (primary N) is 1. The molecule has 20 heavy (non-hydrogen) atoms. The molecule has 0 radical (unpaired) electrons. The first-order chi connectivity index (χ1) is 9.61. The normalized spacial score (nSPS) is 10.8. The molecule has 0 amide bonds. The van der Waals surface area contributed by atoms with Gasteiger partial charge in [-0.05, 0) is 23.5 Å². The van der Waals surface area contributed by atoms with Gasteiger partial charge in [-0.1, -0.05) is 45.0 Å². The molecule has 0 aliphatic carbocycles. The highest BCUT2D eigenvalue weighted by molar-refractivity contribution is 5.56. The lowest BCUT2D eigenvalue weighted by Crippen LogP contribution is -2.09. The summed E-state index contributed by atoms with van der Waals surface area (Å²) in [5, 5.41) is 3.36. The molecular formula is C16H22N4. The Morgan fingerprint density at radius 3 is 2.35 bits per heavy atom. The summed E-state index contributed by atoms with van der Waals surface area (Å²) in [6, 6.07) is 8.61. The van der Waals surface area contributed by atoms with Crippen molar-refractivity contribution in [1.82, 2.24) is 9.97 Å². The number of hydrogen-bond donors (Lipinski definition) is 2. The zero-order chi connectivity index (χ0) is 14.5. The fourth-order valence-electron chi connectivity index (χ4n) is 2.20. The third-order valence-electron chi connectivity index (χ3n) is 3.38. The van der Waals surface area contributed by atoms with Crippen LogP contribution in [0.1, 0.15) is 43.4 Å². The highest BCUT2D eigenvalue weighted by atomic mass is 15.0. The van der Waals surface area contributed by atoms with Crippen molar-refractivity contribution in [2.24, 2.45) is 0 Å². The monoisotopic (exact) mass is 270 g/mol. The molecule has 2 aromatic rings. The molecule has 0 aliphatic rings. The first kappa shape index (κ1) is 14.3. The highest BCUT2D eigenvalue weighted by Crippen LogP contribution is 2.26. The first-order valence-electron chi connectivity index (χ1n) is 7.03. The summed E-state index contributed by atoms with van der Waals surface area (Å²) in [5.74, 6) is 1.67. The molecule has 4 nitrogen and oxygen atoms in total. The Bertz CT molecular complexity index is 561. The van der Waals surface area contributed by atoms with Crippen LogP contribution in [0.4, 0.5) is 11.6 Å². The van der Waals surface area contributed by atoms with Crippen molar-refractivity contribution in [1.29, 1.82) is 0 Å². The van der Waals surface area contributed by atoms with Crippen LogP contribution in [-0.4, -0.2) is 9.97 Å². The van der Waals surface area contributed by atoms with Crippen molar-refractivity contribution >= 4 is 11.6 Å². The molecule has 3 N–H and O–H groups in total. The van der Waals surface area contributed by atoms with E-state index in [9.17, 15) is 0 Å². The van der Waals surface area contributed by atoms with Crippen LogP contribution in [-0.2, 0) is 13.0 Å². The van der Waals surface area contributed by atoms with Crippen LogP contribution in [0.5, 0.6) is 0 Å². The van der Waals surface area contributed by atoms with Gasteiger partial charge in [0, 0.05) is 12.1 Å². The predicted molar refractivity (Wildman–Crippen MR) is 83.7 cm³/mol. The molecule has 0 saturated carbocycles. The molecule has 1 heterocycles. The number of aryl methyl sites for hydroxylation is 1. The molecular weight excluding hydrogens is 248 g/mol. The van der Waals surface area contributed by atoms with Gasteiger partial charge in [-0.15, -0.1) is 0 Å². The van der Waals surface area contributed by atoms with E-state index in [4.69, 9.17) is 5.73 Å². The Hall–Kier alpha value is -2.10. The van der Waals surface area contributed by atoms with E-state index in [0.29, 0.717) is 11.7 Å². The molecule has 0 atom stereocenters. The minimum Gasteiger partial charge on any atom is -0.383 e. The van der Waals surface area contributed by atoms with Gasteiger partial charge in [0.05, 0.1) is 0 Å². The van der Waals surface area contributed by atoms with Crippen LogP contribution in [0.2, 0.25) is 0 Å². The summed E-state index contributed by atoms with van der Waals surface area (Å²) < 4.78 is 0. The standard InChI is InChI=1S/C16H22N4/c1-4-12-5-7-13(8-6-12)9-18-16-14(11(2)3)15(17)19-10-20-16/h5-8,10-11H,4,9H2,1-3H3,(H3,17,18,19,20). The van der Waals surface area contributed by atoms with E-state index >= 15 is 0 Å². The molecule has 0 spiro atoms. The van der Waals surface area contributed by atoms with Gasteiger partial charge in [0.25, 0.3) is 0 Å². The Balaban J connectivity index is 2.12. The lowest BCUT2D eigenvalue weighted by molar-refractivity contribution is 0.849. The van der Waals surface area contributed by atoms with Gasteiger partial charge in [-0.2, -0.15) is 0 Å². The Morgan fingerprint density at radius 1 is 1.10 bits per heavy atom.